The molecule has 110 valence electrons. The molecule has 0 aromatic carbocycles. The van der Waals surface area contributed by atoms with E-state index in [1.807, 2.05) is 18.7 Å². The smallest absolute Gasteiger partial charge is 0.345 e. The molecule has 0 saturated carbocycles. The van der Waals surface area contributed by atoms with E-state index in [1.165, 1.54) is 6.20 Å². The molecule has 1 amide bonds. The van der Waals surface area contributed by atoms with Gasteiger partial charge in [0, 0.05) is 25.0 Å². The van der Waals surface area contributed by atoms with Crippen molar-refractivity contribution in [3.63, 3.8) is 0 Å². The Morgan fingerprint density at radius 3 is 3.00 bits per heavy atom. The number of nitro groups is 1. The lowest BCUT2D eigenvalue weighted by atomic mass is 10.1. The number of hydrogen-bond donors (Lipinski definition) is 1. The van der Waals surface area contributed by atoms with E-state index in [2.05, 4.69) is 10.3 Å². The third-order valence-corrected chi connectivity index (χ3v) is 4.23. The molecule has 0 spiro atoms. The Morgan fingerprint density at radius 1 is 1.65 bits per heavy atom. The van der Waals surface area contributed by atoms with E-state index >= 15 is 0 Å². The van der Waals surface area contributed by atoms with Gasteiger partial charge in [-0.1, -0.05) is 13.8 Å². The summed E-state index contributed by atoms with van der Waals surface area (Å²) in [5.74, 6) is 0.00768. The van der Waals surface area contributed by atoms with Crippen LogP contribution >= 0.6 is 11.3 Å². The number of carbonyl (C=O) groups is 1. The summed E-state index contributed by atoms with van der Waals surface area (Å²) in [7, 11) is 0. The van der Waals surface area contributed by atoms with Crippen molar-refractivity contribution in [3.05, 3.63) is 16.3 Å². The Balaban J connectivity index is 1.99. The minimum absolute atomic E-state index is 0.0358. The van der Waals surface area contributed by atoms with Crippen molar-refractivity contribution in [2.45, 2.75) is 32.7 Å². The maximum absolute atomic E-state index is 11.7. The van der Waals surface area contributed by atoms with Crippen LogP contribution in [0.4, 0.5) is 10.1 Å². The zero-order valence-corrected chi connectivity index (χ0v) is 12.4. The third kappa shape index (κ3) is 3.44. The standard InChI is InChI=1S/C12H18N4O3S/c1-8(2)11(17)14-9-4-3-5-15(7-9)12-13-6-10(20-12)16(18)19/h6,8-9H,3-5,7H2,1-2H3,(H,14,17)/t9-/m0/s1. The van der Waals surface area contributed by atoms with Gasteiger partial charge < -0.3 is 10.2 Å². The van der Waals surface area contributed by atoms with Crippen molar-refractivity contribution >= 4 is 27.4 Å². The van der Waals surface area contributed by atoms with E-state index in [-0.39, 0.29) is 22.9 Å². The quantitative estimate of drug-likeness (QED) is 0.676. The van der Waals surface area contributed by atoms with Gasteiger partial charge in [-0.3, -0.25) is 14.9 Å². The largest absolute Gasteiger partial charge is 0.351 e. The number of aromatic nitrogens is 1. The first-order valence-corrected chi connectivity index (χ1v) is 7.44. The van der Waals surface area contributed by atoms with Crippen LogP contribution in [-0.4, -0.2) is 34.9 Å². The van der Waals surface area contributed by atoms with Gasteiger partial charge in [-0.05, 0) is 24.2 Å². The summed E-state index contributed by atoms with van der Waals surface area (Å²) in [6, 6.07) is 0.0848. The zero-order chi connectivity index (χ0) is 14.7. The normalized spacial score (nSPS) is 19.1. The van der Waals surface area contributed by atoms with Crippen LogP contribution < -0.4 is 10.2 Å². The van der Waals surface area contributed by atoms with Gasteiger partial charge in [-0.15, -0.1) is 0 Å². The molecule has 1 aliphatic heterocycles. The van der Waals surface area contributed by atoms with Gasteiger partial charge in [0.2, 0.25) is 5.91 Å². The fraction of sp³-hybridized carbons (Fsp3) is 0.667. The number of nitrogens with zero attached hydrogens (tertiary/aromatic N) is 3. The number of hydrogen-bond acceptors (Lipinski definition) is 6. The fourth-order valence-corrected chi connectivity index (χ4v) is 2.89. The first-order valence-electron chi connectivity index (χ1n) is 6.63. The van der Waals surface area contributed by atoms with Crippen LogP contribution in [0.1, 0.15) is 26.7 Å². The van der Waals surface area contributed by atoms with Gasteiger partial charge in [0.05, 0.1) is 4.92 Å². The van der Waals surface area contributed by atoms with Gasteiger partial charge in [0.1, 0.15) is 6.20 Å². The highest BCUT2D eigenvalue weighted by Gasteiger charge is 2.25. The second-order valence-electron chi connectivity index (χ2n) is 5.19. The van der Waals surface area contributed by atoms with Gasteiger partial charge in [-0.2, -0.15) is 0 Å². The molecule has 20 heavy (non-hydrogen) atoms. The third-order valence-electron chi connectivity index (χ3n) is 3.22. The Morgan fingerprint density at radius 2 is 2.40 bits per heavy atom. The number of piperidine rings is 1. The fourth-order valence-electron chi connectivity index (χ4n) is 2.12. The number of rotatable bonds is 4. The molecule has 0 bridgehead atoms. The number of anilines is 1. The van der Waals surface area contributed by atoms with E-state index in [4.69, 9.17) is 0 Å². The Bertz CT molecular complexity index is 503. The highest BCUT2D eigenvalue weighted by molar-refractivity contribution is 7.18. The van der Waals surface area contributed by atoms with Crippen molar-refractivity contribution in [1.82, 2.24) is 10.3 Å². The van der Waals surface area contributed by atoms with Crippen molar-refractivity contribution in [2.75, 3.05) is 18.0 Å². The van der Waals surface area contributed by atoms with Gasteiger partial charge in [0.15, 0.2) is 5.13 Å². The van der Waals surface area contributed by atoms with Crippen molar-refractivity contribution in [1.29, 1.82) is 0 Å². The van der Waals surface area contributed by atoms with Crippen LogP contribution in [0.5, 0.6) is 0 Å². The second kappa shape index (κ2) is 6.17. The van der Waals surface area contributed by atoms with Crippen LogP contribution in [0.2, 0.25) is 0 Å². The molecule has 1 saturated heterocycles. The number of carbonyl (C=O) groups excluding carboxylic acids is 1. The molecular formula is C12H18N4O3S. The summed E-state index contributed by atoms with van der Waals surface area (Å²) >= 11 is 1.08. The topological polar surface area (TPSA) is 88.4 Å². The van der Waals surface area contributed by atoms with Crippen molar-refractivity contribution in [2.24, 2.45) is 5.92 Å². The highest BCUT2D eigenvalue weighted by atomic mass is 32.1. The lowest BCUT2D eigenvalue weighted by Gasteiger charge is -2.33. The number of amides is 1. The SMILES string of the molecule is CC(C)C(=O)N[C@H]1CCCN(c2ncc([N+](=O)[O-])s2)C1. The van der Waals surface area contributed by atoms with Gasteiger partial charge >= 0.3 is 5.00 Å². The number of thiazole rings is 1. The maximum atomic E-state index is 11.7. The summed E-state index contributed by atoms with van der Waals surface area (Å²) in [6.07, 6.45) is 3.16. The predicted octanol–water partition coefficient (Wildman–Crippen LogP) is 1.79. The maximum Gasteiger partial charge on any atom is 0.345 e. The minimum Gasteiger partial charge on any atom is -0.351 e. The summed E-state index contributed by atoms with van der Waals surface area (Å²) in [5.41, 5.74) is 0. The molecule has 0 aliphatic carbocycles. The lowest BCUT2D eigenvalue weighted by Crippen LogP contribution is -2.48. The molecule has 8 heteroatoms. The van der Waals surface area contributed by atoms with E-state index in [9.17, 15) is 14.9 Å². The number of nitrogens with one attached hydrogen (secondary N) is 1. The Kier molecular flexibility index (Phi) is 4.53. The monoisotopic (exact) mass is 298 g/mol. The Hall–Kier alpha value is -1.70. The zero-order valence-electron chi connectivity index (χ0n) is 11.5. The van der Waals surface area contributed by atoms with Crippen molar-refractivity contribution < 1.29 is 9.72 Å². The van der Waals surface area contributed by atoms with Crippen LogP contribution in [0, 0.1) is 16.0 Å². The molecule has 2 rings (SSSR count). The van der Waals surface area contributed by atoms with E-state index < -0.39 is 4.92 Å². The molecule has 2 heterocycles. The van der Waals surface area contributed by atoms with E-state index in [1.54, 1.807) is 0 Å². The molecule has 1 N–H and O–H groups in total. The van der Waals surface area contributed by atoms with Crippen LogP contribution in [0.3, 0.4) is 0 Å². The predicted molar refractivity (Wildman–Crippen MR) is 77.0 cm³/mol. The molecule has 1 atom stereocenters. The van der Waals surface area contributed by atoms with E-state index in [0.717, 1.165) is 30.7 Å². The molecule has 7 nitrogen and oxygen atoms in total. The molecule has 1 aromatic rings. The van der Waals surface area contributed by atoms with Crippen LogP contribution in [-0.2, 0) is 4.79 Å². The average Bonchev–Trinajstić information content (AvgIpc) is 2.88. The van der Waals surface area contributed by atoms with Crippen LogP contribution in [0.15, 0.2) is 6.20 Å². The first-order chi connectivity index (χ1) is 9.47. The second-order valence-corrected chi connectivity index (χ2v) is 6.17. The molecule has 0 radical (unpaired) electrons. The molecule has 0 unspecified atom stereocenters. The van der Waals surface area contributed by atoms with E-state index in [0.29, 0.717) is 11.7 Å². The molecule has 1 aliphatic rings. The molecular weight excluding hydrogens is 280 g/mol. The Labute approximate surface area is 121 Å². The van der Waals surface area contributed by atoms with Crippen molar-refractivity contribution in [3.8, 4) is 0 Å². The molecule has 1 aromatic heterocycles. The van der Waals surface area contributed by atoms with Crippen LogP contribution in [0.25, 0.3) is 0 Å². The minimum atomic E-state index is -0.427. The summed E-state index contributed by atoms with van der Waals surface area (Å²) < 4.78 is 0. The first kappa shape index (κ1) is 14.7. The highest BCUT2D eigenvalue weighted by Crippen LogP contribution is 2.30. The summed E-state index contributed by atoms with van der Waals surface area (Å²) in [5, 5.41) is 14.4. The van der Waals surface area contributed by atoms with Gasteiger partial charge in [0.25, 0.3) is 0 Å². The van der Waals surface area contributed by atoms with Gasteiger partial charge in [-0.25, -0.2) is 4.98 Å². The lowest BCUT2D eigenvalue weighted by molar-refractivity contribution is -0.380. The average molecular weight is 298 g/mol. The summed E-state index contributed by atoms with van der Waals surface area (Å²) in [6.45, 7) is 5.20. The molecule has 1 fully saturated rings. The summed E-state index contributed by atoms with van der Waals surface area (Å²) in [4.78, 5) is 28.1.